The van der Waals surface area contributed by atoms with E-state index in [-0.39, 0.29) is 4.90 Å². The first kappa shape index (κ1) is 16.7. The Bertz CT molecular complexity index is 989. The number of rotatable bonds is 4. The molecular formula is C16H15FN2O3S2. The van der Waals surface area contributed by atoms with Gasteiger partial charge >= 0.3 is 0 Å². The summed E-state index contributed by atoms with van der Waals surface area (Å²) in [5, 5.41) is 3.83. The molecule has 0 aliphatic carbocycles. The Morgan fingerprint density at radius 1 is 1.12 bits per heavy atom. The molecule has 0 saturated heterocycles. The molecule has 0 spiro atoms. The van der Waals surface area contributed by atoms with E-state index in [9.17, 15) is 12.8 Å². The zero-order valence-electron chi connectivity index (χ0n) is 13.3. The highest BCUT2D eigenvalue weighted by molar-refractivity contribution is 7.93. The smallest absolute Gasteiger partial charge is 0.263 e. The summed E-state index contributed by atoms with van der Waals surface area (Å²) in [5.74, 6) is -0.0211. The fourth-order valence-electron chi connectivity index (χ4n) is 2.48. The highest BCUT2D eigenvalue weighted by atomic mass is 32.2. The second kappa shape index (κ2) is 6.03. The van der Waals surface area contributed by atoms with Crippen molar-refractivity contribution in [3.05, 3.63) is 51.6 Å². The van der Waals surface area contributed by atoms with Crippen LogP contribution in [0.1, 0.15) is 15.4 Å². The maximum absolute atomic E-state index is 13.0. The third kappa shape index (κ3) is 3.07. The van der Waals surface area contributed by atoms with Crippen molar-refractivity contribution in [2.45, 2.75) is 25.7 Å². The van der Waals surface area contributed by atoms with Crippen LogP contribution in [-0.4, -0.2) is 13.6 Å². The molecule has 0 atom stereocenters. The van der Waals surface area contributed by atoms with E-state index < -0.39 is 15.8 Å². The molecule has 0 aliphatic heterocycles. The third-order valence-electron chi connectivity index (χ3n) is 3.44. The lowest BCUT2D eigenvalue weighted by molar-refractivity contribution is 0.426. The standard InChI is InChI=1S/C16H15FN2O3S2/c1-9-8-14(22-18-9)15-10(2)23-11(3)16(15)24(20,21)19-13-6-4-12(17)5-7-13/h4-8,19H,1-3H3. The third-order valence-corrected chi connectivity index (χ3v) is 6.15. The van der Waals surface area contributed by atoms with E-state index >= 15 is 0 Å². The number of hydrogen-bond donors (Lipinski definition) is 1. The van der Waals surface area contributed by atoms with Crippen LogP contribution in [-0.2, 0) is 10.0 Å². The van der Waals surface area contributed by atoms with Crippen LogP contribution in [0.3, 0.4) is 0 Å². The SMILES string of the molecule is Cc1cc(-c2c(C)sc(C)c2S(=O)(=O)Nc2ccc(F)cc2)on1. The minimum Gasteiger partial charge on any atom is -0.356 e. The molecule has 0 radical (unpaired) electrons. The number of thiophene rings is 1. The summed E-state index contributed by atoms with van der Waals surface area (Å²) in [6.45, 7) is 5.35. The number of anilines is 1. The summed E-state index contributed by atoms with van der Waals surface area (Å²) >= 11 is 1.37. The van der Waals surface area contributed by atoms with E-state index in [1.165, 1.54) is 35.6 Å². The summed E-state index contributed by atoms with van der Waals surface area (Å²) in [7, 11) is -3.86. The normalized spacial score (nSPS) is 11.7. The molecular weight excluding hydrogens is 351 g/mol. The van der Waals surface area contributed by atoms with Gasteiger partial charge in [0, 0.05) is 21.5 Å². The van der Waals surface area contributed by atoms with Crippen LogP contribution >= 0.6 is 11.3 Å². The van der Waals surface area contributed by atoms with Gasteiger partial charge in [-0.3, -0.25) is 4.72 Å². The Balaban J connectivity index is 2.09. The van der Waals surface area contributed by atoms with Gasteiger partial charge in [0.25, 0.3) is 10.0 Å². The van der Waals surface area contributed by atoms with Crippen LogP contribution in [0.25, 0.3) is 11.3 Å². The van der Waals surface area contributed by atoms with Gasteiger partial charge in [0.1, 0.15) is 10.7 Å². The average molecular weight is 366 g/mol. The zero-order chi connectivity index (χ0) is 17.5. The fraction of sp³-hybridized carbons (Fsp3) is 0.188. The quantitative estimate of drug-likeness (QED) is 0.748. The van der Waals surface area contributed by atoms with Crippen molar-refractivity contribution in [1.82, 2.24) is 5.16 Å². The number of nitrogens with one attached hydrogen (secondary N) is 1. The fourth-order valence-corrected chi connectivity index (χ4v) is 5.40. The molecule has 24 heavy (non-hydrogen) atoms. The Morgan fingerprint density at radius 3 is 2.38 bits per heavy atom. The van der Waals surface area contributed by atoms with Crippen molar-refractivity contribution in [2.75, 3.05) is 4.72 Å². The molecule has 1 N–H and O–H groups in total. The number of benzene rings is 1. The maximum atomic E-state index is 13.0. The second-order valence-corrected chi connectivity index (χ2v) is 8.41. The van der Waals surface area contributed by atoms with Crippen molar-refractivity contribution >= 4 is 27.0 Å². The first-order valence-electron chi connectivity index (χ1n) is 7.10. The lowest BCUT2D eigenvalue weighted by Gasteiger charge is -2.09. The van der Waals surface area contributed by atoms with Crippen LogP contribution in [0.4, 0.5) is 10.1 Å². The molecule has 0 saturated carbocycles. The summed E-state index contributed by atoms with van der Waals surface area (Å²) in [4.78, 5) is 1.62. The summed E-state index contributed by atoms with van der Waals surface area (Å²) < 4.78 is 46.5. The largest absolute Gasteiger partial charge is 0.356 e. The Morgan fingerprint density at radius 2 is 1.79 bits per heavy atom. The molecule has 0 unspecified atom stereocenters. The van der Waals surface area contributed by atoms with Crippen LogP contribution in [0.5, 0.6) is 0 Å². The van der Waals surface area contributed by atoms with Crippen LogP contribution < -0.4 is 4.72 Å². The van der Waals surface area contributed by atoms with Crippen molar-refractivity contribution in [3.63, 3.8) is 0 Å². The molecule has 2 aromatic heterocycles. The maximum Gasteiger partial charge on any atom is 0.263 e. The predicted molar refractivity (Wildman–Crippen MR) is 91.2 cm³/mol. The zero-order valence-corrected chi connectivity index (χ0v) is 14.9. The van der Waals surface area contributed by atoms with E-state index in [1.54, 1.807) is 19.9 Å². The minimum atomic E-state index is -3.86. The number of aromatic nitrogens is 1. The first-order chi connectivity index (χ1) is 11.3. The summed E-state index contributed by atoms with van der Waals surface area (Å²) in [6.07, 6.45) is 0. The molecule has 3 rings (SSSR count). The van der Waals surface area contributed by atoms with Gasteiger partial charge in [-0.25, -0.2) is 12.8 Å². The highest BCUT2D eigenvalue weighted by Gasteiger charge is 2.28. The predicted octanol–water partition coefficient (Wildman–Crippen LogP) is 4.27. The molecule has 2 heterocycles. The van der Waals surface area contributed by atoms with Gasteiger partial charge in [-0.2, -0.15) is 0 Å². The van der Waals surface area contributed by atoms with Gasteiger partial charge in [0.15, 0.2) is 5.76 Å². The van der Waals surface area contributed by atoms with E-state index in [1.807, 2.05) is 6.92 Å². The van der Waals surface area contributed by atoms with Gasteiger partial charge in [-0.1, -0.05) is 5.16 Å². The lowest BCUT2D eigenvalue weighted by atomic mass is 10.2. The molecule has 0 fully saturated rings. The number of halogens is 1. The number of nitrogens with zero attached hydrogens (tertiary/aromatic N) is 1. The molecule has 1 aromatic carbocycles. The van der Waals surface area contributed by atoms with Gasteiger partial charge < -0.3 is 4.52 Å². The Hall–Kier alpha value is -2.19. The van der Waals surface area contributed by atoms with Gasteiger partial charge in [-0.05, 0) is 45.0 Å². The van der Waals surface area contributed by atoms with E-state index in [0.29, 0.717) is 27.6 Å². The minimum absolute atomic E-state index is 0.158. The van der Waals surface area contributed by atoms with Gasteiger partial charge in [-0.15, -0.1) is 11.3 Å². The van der Waals surface area contributed by atoms with Crippen LogP contribution in [0.15, 0.2) is 39.8 Å². The van der Waals surface area contributed by atoms with E-state index in [0.717, 1.165) is 4.88 Å². The number of sulfonamides is 1. The molecule has 5 nitrogen and oxygen atoms in total. The van der Waals surface area contributed by atoms with Crippen molar-refractivity contribution < 1.29 is 17.3 Å². The molecule has 3 aromatic rings. The van der Waals surface area contributed by atoms with E-state index in [4.69, 9.17) is 4.52 Å². The average Bonchev–Trinajstić information content (AvgIpc) is 3.04. The van der Waals surface area contributed by atoms with Crippen LogP contribution in [0.2, 0.25) is 0 Å². The highest BCUT2D eigenvalue weighted by Crippen LogP contribution is 2.39. The Labute approximate surface area is 143 Å². The molecule has 0 aliphatic rings. The number of hydrogen-bond acceptors (Lipinski definition) is 5. The molecule has 0 amide bonds. The topological polar surface area (TPSA) is 72.2 Å². The summed E-state index contributed by atoms with van der Waals surface area (Å²) in [5.41, 5.74) is 1.47. The van der Waals surface area contributed by atoms with E-state index in [2.05, 4.69) is 9.88 Å². The van der Waals surface area contributed by atoms with Gasteiger partial charge in [0.05, 0.1) is 11.3 Å². The molecule has 0 bridgehead atoms. The van der Waals surface area contributed by atoms with Crippen molar-refractivity contribution in [2.24, 2.45) is 0 Å². The molecule has 8 heteroatoms. The monoisotopic (exact) mass is 366 g/mol. The number of aryl methyl sites for hydroxylation is 3. The van der Waals surface area contributed by atoms with Crippen LogP contribution in [0, 0.1) is 26.6 Å². The van der Waals surface area contributed by atoms with Crippen molar-refractivity contribution in [3.8, 4) is 11.3 Å². The van der Waals surface area contributed by atoms with Gasteiger partial charge in [0.2, 0.25) is 0 Å². The lowest BCUT2D eigenvalue weighted by Crippen LogP contribution is -2.14. The van der Waals surface area contributed by atoms with Crippen molar-refractivity contribution in [1.29, 1.82) is 0 Å². The Kier molecular flexibility index (Phi) is 4.18. The second-order valence-electron chi connectivity index (χ2n) is 5.36. The first-order valence-corrected chi connectivity index (χ1v) is 9.40. The summed E-state index contributed by atoms with van der Waals surface area (Å²) in [6, 6.07) is 6.85. The molecule has 126 valence electrons.